The number of hydrogen-bond acceptors (Lipinski definition) is 2. The highest BCUT2D eigenvalue weighted by atomic mass is 19.1. The summed E-state index contributed by atoms with van der Waals surface area (Å²) in [4.78, 5) is 2.10. The lowest BCUT2D eigenvalue weighted by molar-refractivity contribution is 0.0673. The van der Waals surface area contributed by atoms with Crippen LogP contribution in [-0.2, 0) is 0 Å². The second-order valence-corrected chi connectivity index (χ2v) is 2.46. The number of rotatable bonds is 3. The van der Waals surface area contributed by atoms with E-state index in [1.54, 1.807) is 0 Å². The molecule has 1 rings (SSSR count). The lowest BCUT2D eigenvalue weighted by atomic mass is 10.2. The van der Waals surface area contributed by atoms with Crippen LogP contribution >= 0.6 is 0 Å². The van der Waals surface area contributed by atoms with Gasteiger partial charge in [0.05, 0.1) is 0 Å². The number of alkyl halides is 1. The van der Waals surface area contributed by atoms with Gasteiger partial charge in [-0.3, -0.25) is 4.90 Å². The van der Waals surface area contributed by atoms with Crippen LogP contribution in [0.25, 0.3) is 0 Å². The molecule has 1 fully saturated rings. The molecule has 0 radical (unpaired) electrons. The lowest BCUT2D eigenvalue weighted by Crippen LogP contribution is -2.50. The molecular formula is C6H13FN2. The van der Waals surface area contributed by atoms with Crippen LogP contribution in [0.15, 0.2) is 0 Å². The topological polar surface area (TPSA) is 15.3 Å². The molecule has 0 aromatic carbocycles. The molecule has 0 aromatic rings. The molecule has 0 spiro atoms. The fraction of sp³-hybridized carbons (Fsp3) is 1.00. The van der Waals surface area contributed by atoms with Gasteiger partial charge in [-0.15, -0.1) is 0 Å². The van der Waals surface area contributed by atoms with Crippen molar-refractivity contribution in [3.63, 3.8) is 0 Å². The van der Waals surface area contributed by atoms with Crippen molar-refractivity contribution in [3.05, 3.63) is 0 Å². The molecule has 9 heavy (non-hydrogen) atoms. The van der Waals surface area contributed by atoms with E-state index >= 15 is 0 Å². The quantitative estimate of drug-likeness (QED) is 0.575. The van der Waals surface area contributed by atoms with Crippen molar-refractivity contribution in [2.45, 2.75) is 6.17 Å². The highest BCUT2D eigenvalue weighted by Gasteiger charge is 2.24. The Morgan fingerprint density at radius 2 is 2.33 bits per heavy atom. The van der Waals surface area contributed by atoms with Crippen LogP contribution in [0.1, 0.15) is 0 Å². The average molecular weight is 132 g/mol. The van der Waals surface area contributed by atoms with Crippen LogP contribution in [0.3, 0.4) is 0 Å². The van der Waals surface area contributed by atoms with E-state index in [0.717, 1.165) is 13.1 Å². The Labute approximate surface area is 55.0 Å². The monoisotopic (exact) mass is 132 g/mol. The zero-order valence-electron chi connectivity index (χ0n) is 5.73. The van der Waals surface area contributed by atoms with E-state index in [1.807, 2.05) is 7.05 Å². The third-order valence-electron chi connectivity index (χ3n) is 1.59. The third-order valence-corrected chi connectivity index (χ3v) is 1.59. The van der Waals surface area contributed by atoms with E-state index in [0.29, 0.717) is 13.1 Å². The van der Waals surface area contributed by atoms with Gasteiger partial charge < -0.3 is 5.32 Å². The first-order valence-electron chi connectivity index (χ1n) is 3.34. The van der Waals surface area contributed by atoms with Crippen LogP contribution in [0, 0.1) is 0 Å². The van der Waals surface area contributed by atoms with Crippen molar-refractivity contribution in [2.24, 2.45) is 0 Å². The van der Waals surface area contributed by atoms with Crippen LogP contribution in [-0.4, -0.2) is 44.3 Å². The van der Waals surface area contributed by atoms with E-state index < -0.39 is 6.17 Å². The number of hydrogen-bond donors (Lipinski definition) is 1. The molecule has 0 aromatic heterocycles. The number of nitrogens with zero attached hydrogens (tertiary/aromatic N) is 1. The maximum Gasteiger partial charge on any atom is 0.125 e. The predicted octanol–water partition coefficient (Wildman–Crippen LogP) is -0.141. The van der Waals surface area contributed by atoms with Gasteiger partial charge in [-0.1, -0.05) is 0 Å². The average Bonchev–Trinajstić information content (AvgIpc) is 1.78. The molecule has 1 N–H and O–H groups in total. The fourth-order valence-corrected chi connectivity index (χ4v) is 0.959. The maximum atomic E-state index is 12.1. The van der Waals surface area contributed by atoms with Gasteiger partial charge in [-0.2, -0.15) is 0 Å². The van der Waals surface area contributed by atoms with Crippen LogP contribution < -0.4 is 5.32 Å². The Bertz CT molecular complexity index is 81.1. The predicted molar refractivity (Wildman–Crippen MR) is 35.3 cm³/mol. The Morgan fingerprint density at radius 1 is 1.67 bits per heavy atom. The van der Waals surface area contributed by atoms with Gasteiger partial charge in [0.15, 0.2) is 0 Å². The molecule has 0 atom stereocenters. The van der Waals surface area contributed by atoms with Crippen molar-refractivity contribution >= 4 is 0 Å². The van der Waals surface area contributed by atoms with Crippen LogP contribution in [0.4, 0.5) is 4.39 Å². The molecule has 0 saturated carbocycles. The van der Waals surface area contributed by atoms with E-state index in [9.17, 15) is 4.39 Å². The van der Waals surface area contributed by atoms with E-state index in [2.05, 4.69) is 10.2 Å². The first-order chi connectivity index (χ1) is 4.33. The highest BCUT2D eigenvalue weighted by molar-refractivity contribution is 4.78. The number of likely N-dealkylation sites (N-methyl/N-ethyl adjacent to an activating group) is 1. The molecule has 1 aliphatic heterocycles. The summed E-state index contributed by atoms with van der Waals surface area (Å²) in [6.45, 7) is 3.23. The standard InChI is InChI=1S/C6H13FN2/c1-8-2-3-9-4-6(7)5-9/h6,8H,2-5H2,1H3. The summed E-state index contributed by atoms with van der Waals surface area (Å²) in [5.74, 6) is 0. The molecule has 1 heterocycles. The van der Waals surface area contributed by atoms with E-state index in [-0.39, 0.29) is 0 Å². The number of likely N-dealkylation sites (tertiary alicyclic amines) is 1. The van der Waals surface area contributed by atoms with Crippen molar-refractivity contribution in [3.8, 4) is 0 Å². The summed E-state index contributed by atoms with van der Waals surface area (Å²) in [6.07, 6.45) is -0.554. The minimum atomic E-state index is -0.554. The second-order valence-electron chi connectivity index (χ2n) is 2.46. The summed E-state index contributed by atoms with van der Waals surface area (Å²) in [5, 5.41) is 3.02. The zero-order valence-corrected chi connectivity index (χ0v) is 5.73. The maximum absolute atomic E-state index is 12.1. The van der Waals surface area contributed by atoms with Gasteiger partial charge in [0, 0.05) is 26.2 Å². The molecule has 0 bridgehead atoms. The summed E-state index contributed by atoms with van der Waals surface area (Å²) < 4.78 is 12.1. The first-order valence-corrected chi connectivity index (χ1v) is 3.34. The molecular weight excluding hydrogens is 119 g/mol. The minimum Gasteiger partial charge on any atom is -0.318 e. The van der Waals surface area contributed by atoms with Gasteiger partial charge in [0.2, 0.25) is 0 Å². The molecule has 0 amide bonds. The van der Waals surface area contributed by atoms with Crippen molar-refractivity contribution < 1.29 is 4.39 Å². The lowest BCUT2D eigenvalue weighted by Gasteiger charge is -2.33. The SMILES string of the molecule is CNCCN1CC(F)C1. The fourth-order valence-electron chi connectivity index (χ4n) is 0.959. The van der Waals surface area contributed by atoms with E-state index in [1.165, 1.54) is 0 Å². The Balaban J connectivity index is 1.91. The molecule has 54 valence electrons. The summed E-state index contributed by atoms with van der Waals surface area (Å²) in [7, 11) is 1.91. The van der Waals surface area contributed by atoms with Crippen molar-refractivity contribution in [1.29, 1.82) is 0 Å². The Hall–Kier alpha value is -0.150. The summed E-state index contributed by atoms with van der Waals surface area (Å²) >= 11 is 0. The molecule has 1 aliphatic rings. The van der Waals surface area contributed by atoms with E-state index in [4.69, 9.17) is 0 Å². The van der Waals surface area contributed by atoms with Crippen LogP contribution in [0.5, 0.6) is 0 Å². The zero-order chi connectivity index (χ0) is 6.69. The van der Waals surface area contributed by atoms with Crippen LogP contribution in [0.2, 0.25) is 0 Å². The normalized spacial score (nSPS) is 22.0. The second kappa shape index (κ2) is 3.13. The smallest absolute Gasteiger partial charge is 0.125 e. The van der Waals surface area contributed by atoms with Crippen molar-refractivity contribution in [2.75, 3.05) is 33.2 Å². The van der Waals surface area contributed by atoms with Gasteiger partial charge in [0.1, 0.15) is 6.17 Å². The largest absolute Gasteiger partial charge is 0.318 e. The Kier molecular flexibility index (Phi) is 2.42. The number of halogens is 1. The van der Waals surface area contributed by atoms with Gasteiger partial charge >= 0.3 is 0 Å². The van der Waals surface area contributed by atoms with Crippen molar-refractivity contribution in [1.82, 2.24) is 10.2 Å². The van der Waals surface area contributed by atoms with Gasteiger partial charge in [-0.25, -0.2) is 4.39 Å². The third kappa shape index (κ3) is 1.91. The van der Waals surface area contributed by atoms with Gasteiger partial charge in [-0.05, 0) is 7.05 Å². The minimum absolute atomic E-state index is 0.554. The highest BCUT2D eigenvalue weighted by Crippen LogP contribution is 2.08. The Morgan fingerprint density at radius 3 is 2.78 bits per heavy atom. The molecule has 2 nitrogen and oxygen atoms in total. The molecule has 3 heteroatoms. The molecule has 0 unspecified atom stereocenters. The number of nitrogens with one attached hydrogen (secondary N) is 1. The molecule has 0 aliphatic carbocycles. The first kappa shape index (κ1) is 6.96. The summed E-state index contributed by atoms with van der Waals surface area (Å²) in [6, 6.07) is 0. The summed E-state index contributed by atoms with van der Waals surface area (Å²) in [5.41, 5.74) is 0. The van der Waals surface area contributed by atoms with Gasteiger partial charge in [0.25, 0.3) is 0 Å². The molecule has 1 saturated heterocycles.